The van der Waals surface area contributed by atoms with Gasteiger partial charge in [-0.3, -0.25) is 0 Å². The lowest BCUT2D eigenvalue weighted by atomic mass is 9.97. The fourth-order valence-corrected chi connectivity index (χ4v) is 7.95. The minimum Gasteiger partial charge on any atom is -0.455 e. The highest BCUT2D eigenvalue weighted by molar-refractivity contribution is 6.15. The van der Waals surface area contributed by atoms with Gasteiger partial charge in [0.15, 0.2) is 17.5 Å². The van der Waals surface area contributed by atoms with Gasteiger partial charge in [0.05, 0.1) is 16.6 Å². The lowest BCUT2D eigenvalue weighted by molar-refractivity contribution is 0.669. The Bertz CT molecular complexity index is 3190. The Morgan fingerprint density at radius 2 is 0.962 bits per heavy atom. The summed E-state index contributed by atoms with van der Waals surface area (Å²) in [6, 6.07) is 59.1. The Morgan fingerprint density at radius 3 is 1.83 bits per heavy atom. The smallest absolute Gasteiger partial charge is 0.167 e. The molecule has 0 saturated carbocycles. The number of nitrogens with zero attached hydrogens (tertiary/aromatic N) is 4. The zero-order valence-corrected chi connectivity index (χ0v) is 27.9. The summed E-state index contributed by atoms with van der Waals surface area (Å²) in [6.07, 6.45) is 0. The number of hydrogen-bond donors (Lipinski definition) is 0. The van der Waals surface area contributed by atoms with Gasteiger partial charge in [0.2, 0.25) is 0 Å². The van der Waals surface area contributed by atoms with Crippen molar-refractivity contribution < 1.29 is 4.42 Å². The molecule has 52 heavy (non-hydrogen) atoms. The number of fused-ring (bicyclic) bond motifs is 9. The molecule has 0 aliphatic rings. The van der Waals surface area contributed by atoms with Crippen molar-refractivity contribution >= 4 is 65.3 Å². The summed E-state index contributed by atoms with van der Waals surface area (Å²) in [5.41, 5.74) is 7.52. The molecule has 0 aliphatic heterocycles. The van der Waals surface area contributed by atoms with Crippen LogP contribution in [0.4, 0.5) is 0 Å². The van der Waals surface area contributed by atoms with E-state index in [1.54, 1.807) is 0 Å². The number of aromatic nitrogens is 4. The number of furan rings is 1. The molecule has 3 aromatic heterocycles. The largest absolute Gasteiger partial charge is 0.455 e. The molecule has 11 rings (SSSR count). The van der Waals surface area contributed by atoms with E-state index in [-0.39, 0.29) is 0 Å². The van der Waals surface area contributed by atoms with Crippen LogP contribution >= 0.6 is 0 Å². The van der Waals surface area contributed by atoms with Gasteiger partial charge >= 0.3 is 0 Å². The lowest BCUT2D eigenvalue weighted by Crippen LogP contribution is -2.02. The molecule has 5 heteroatoms. The van der Waals surface area contributed by atoms with Crippen molar-refractivity contribution in [2.24, 2.45) is 0 Å². The number of para-hydroxylation sites is 5. The Hall–Kier alpha value is -7.11. The maximum atomic E-state index is 6.54. The molecule has 0 radical (unpaired) electrons. The van der Waals surface area contributed by atoms with Crippen LogP contribution in [0, 0.1) is 0 Å². The van der Waals surface area contributed by atoms with Crippen LogP contribution in [-0.4, -0.2) is 19.5 Å². The van der Waals surface area contributed by atoms with Crippen molar-refractivity contribution in [3.05, 3.63) is 170 Å². The van der Waals surface area contributed by atoms with E-state index in [9.17, 15) is 0 Å². The van der Waals surface area contributed by atoms with Gasteiger partial charge in [-0.1, -0.05) is 133 Å². The Balaban J connectivity index is 1.27. The minimum atomic E-state index is 0.557. The van der Waals surface area contributed by atoms with E-state index in [1.165, 1.54) is 10.8 Å². The van der Waals surface area contributed by atoms with E-state index in [1.807, 2.05) is 24.3 Å². The fraction of sp³-hybridized carbons (Fsp3) is 0. The normalized spacial score (nSPS) is 11.8. The van der Waals surface area contributed by atoms with E-state index in [4.69, 9.17) is 19.4 Å². The maximum Gasteiger partial charge on any atom is 0.167 e. The van der Waals surface area contributed by atoms with E-state index in [0.29, 0.717) is 17.5 Å². The molecule has 0 fully saturated rings. The van der Waals surface area contributed by atoms with Gasteiger partial charge in [-0.05, 0) is 52.6 Å². The van der Waals surface area contributed by atoms with E-state index < -0.39 is 0 Å². The summed E-state index contributed by atoms with van der Waals surface area (Å²) in [5.74, 6) is 1.76. The van der Waals surface area contributed by atoms with Gasteiger partial charge in [0.25, 0.3) is 0 Å². The molecule has 8 aromatic carbocycles. The molecule has 11 aromatic rings. The molecule has 0 bridgehead atoms. The molecule has 0 unspecified atom stereocenters. The topological polar surface area (TPSA) is 56.7 Å². The first-order valence-electron chi connectivity index (χ1n) is 17.5. The molecule has 0 amide bonds. The quantitative estimate of drug-likeness (QED) is 0.176. The summed E-state index contributed by atoms with van der Waals surface area (Å²) in [7, 11) is 0. The van der Waals surface area contributed by atoms with Crippen LogP contribution in [0.15, 0.2) is 174 Å². The number of rotatable bonds is 4. The summed E-state index contributed by atoms with van der Waals surface area (Å²) in [6.45, 7) is 0. The van der Waals surface area contributed by atoms with Gasteiger partial charge < -0.3 is 8.98 Å². The Morgan fingerprint density at radius 1 is 0.385 bits per heavy atom. The molecule has 3 heterocycles. The van der Waals surface area contributed by atoms with Crippen LogP contribution in [0.5, 0.6) is 0 Å². The van der Waals surface area contributed by atoms with Crippen molar-refractivity contribution in [3.8, 4) is 39.9 Å². The summed E-state index contributed by atoms with van der Waals surface area (Å²) in [4.78, 5) is 16.0. The fourth-order valence-electron chi connectivity index (χ4n) is 7.95. The summed E-state index contributed by atoms with van der Waals surface area (Å²) >= 11 is 0. The summed E-state index contributed by atoms with van der Waals surface area (Å²) in [5, 5.41) is 8.96. The zero-order valence-electron chi connectivity index (χ0n) is 27.9. The van der Waals surface area contributed by atoms with Crippen LogP contribution in [0.1, 0.15) is 0 Å². The zero-order chi connectivity index (χ0) is 34.2. The molecule has 0 N–H and O–H groups in total. The molecule has 0 atom stereocenters. The predicted octanol–water partition coefficient (Wildman–Crippen LogP) is 12.2. The third-order valence-corrected chi connectivity index (χ3v) is 10.2. The lowest BCUT2D eigenvalue weighted by Gasteiger charge is -2.14. The first-order valence-corrected chi connectivity index (χ1v) is 17.5. The van der Waals surface area contributed by atoms with Gasteiger partial charge in [-0.15, -0.1) is 0 Å². The van der Waals surface area contributed by atoms with E-state index in [2.05, 4.69) is 150 Å². The average Bonchev–Trinajstić information content (AvgIpc) is 3.77. The van der Waals surface area contributed by atoms with Crippen molar-refractivity contribution in [1.29, 1.82) is 0 Å². The van der Waals surface area contributed by atoms with Crippen LogP contribution in [-0.2, 0) is 0 Å². The molecular formula is C47H28N4O. The van der Waals surface area contributed by atoms with Crippen molar-refractivity contribution in [2.45, 2.75) is 0 Å². The molecular weight excluding hydrogens is 637 g/mol. The van der Waals surface area contributed by atoms with Crippen molar-refractivity contribution in [3.63, 3.8) is 0 Å². The van der Waals surface area contributed by atoms with Crippen molar-refractivity contribution in [1.82, 2.24) is 19.5 Å². The van der Waals surface area contributed by atoms with Crippen LogP contribution in [0.25, 0.3) is 105 Å². The molecule has 242 valence electrons. The van der Waals surface area contributed by atoms with Crippen molar-refractivity contribution in [2.75, 3.05) is 0 Å². The highest BCUT2D eigenvalue weighted by atomic mass is 16.3. The summed E-state index contributed by atoms with van der Waals surface area (Å²) < 4.78 is 8.87. The second-order valence-corrected chi connectivity index (χ2v) is 13.2. The van der Waals surface area contributed by atoms with Gasteiger partial charge in [0, 0.05) is 43.7 Å². The van der Waals surface area contributed by atoms with Crippen LogP contribution < -0.4 is 0 Å². The molecule has 0 spiro atoms. The monoisotopic (exact) mass is 664 g/mol. The Labute approximate surface area is 298 Å². The average molecular weight is 665 g/mol. The standard InChI is InChI=1S/C47H28N4O/c1-2-15-31(16-3-1)51-40-25-8-6-18-33(40)35-20-11-23-38(43(35)51)46-48-45(37-22-10-14-30-28-27-29-13-4-5-17-32(29)42(30)37)49-47(50-46)39-24-12-21-36-34-19-7-9-26-41(34)52-44(36)39/h1-28H. The number of hydrogen-bond acceptors (Lipinski definition) is 4. The molecule has 0 saturated heterocycles. The van der Waals surface area contributed by atoms with Crippen LogP contribution in [0.2, 0.25) is 0 Å². The first-order chi connectivity index (χ1) is 25.8. The second kappa shape index (κ2) is 11.2. The SMILES string of the molecule is c1ccc(-n2c3ccccc3c3cccc(-c4nc(-c5cccc6c5oc5ccccc56)nc(-c5cccc6ccc7ccccc7c56)n4)c32)cc1. The first kappa shape index (κ1) is 28.7. The van der Waals surface area contributed by atoms with Crippen LogP contribution in [0.3, 0.4) is 0 Å². The highest BCUT2D eigenvalue weighted by Gasteiger charge is 2.22. The molecule has 0 aliphatic carbocycles. The number of benzene rings is 8. The predicted molar refractivity (Wildman–Crippen MR) is 213 cm³/mol. The van der Waals surface area contributed by atoms with Gasteiger partial charge in [-0.2, -0.15) is 0 Å². The third kappa shape index (κ3) is 4.26. The van der Waals surface area contributed by atoms with Gasteiger partial charge in [-0.25, -0.2) is 15.0 Å². The third-order valence-electron chi connectivity index (χ3n) is 10.2. The Kier molecular flexibility index (Phi) is 6.18. The molecule has 5 nitrogen and oxygen atoms in total. The minimum absolute atomic E-state index is 0.557. The second-order valence-electron chi connectivity index (χ2n) is 13.2. The highest BCUT2D eigenvalue weighted by Crippen LogP contribution is 2.41. The van der Waals surface area contributed by atoms with E-state index in [0.717, 1.165) is 76.9 Å². The maximum absolute atomic E-state index is 6.54. The van der Waals surface area contributed by atoms with E-state index >= 15 is 0 Å². The van der Waals surface area contributed by atoms with Gasteiger partial charge in [0.1, 0.15) is 11.2 Å².